The third kappa shape index (κ3) is 1.48. The van der Waals surface area contributed by atoms with E-state index in [2.05, 4.69) is 16.4 Å². The van der Waals surface area contributed by atoms with Gasteiger partial charge in [-0.3, -0.25) is 0 Å². The van der Waals surface area contributed by atoms with E-state index >= 15 is 0 Å². The topological polar surface area (TPSA) is 68.9 Å². The molecular formula is C14H17N3O2. The third-order valence-electron chi connectivity index (χ3n) is 4.41. The van der Waals surface area contributed by atoms with Crippen LogP contribution in [-0.2, 0) is 10.3 Å². The number of nitrogens with zero attached hydrogens (tertiary/aromatic N) is 1. The zero-order valence-corrected chi connectivity index (χ0v) is 10.6. The summed E-state index contributed by atoms with van der Waals surface area (Å²) in [6.07, 6.45) is 1.19. The van der Waals surface area contributed by atoms with Crippen molar-refractivity contribution in [3.63, 3.8) is 0 Å². The highest BCUT2D eigenvalue weighted by molar-refractivity contribution is 5.74. The Morgan fingerprint density at radius 2 is 2.26 bits per heavy atom. The first-order chi connectivity index (χ1) is 9.29. The highest BCUT2D eigenvalue weighted by Gasteiger charge is 2.54. The summed E-state index contributed by atoms with van der Waals surface area (Å²) < 4.78 is 11.6. The molecule has 4 rings (SSSR count). The molecule has 3 atom stereocenters. The van der Waals surface area contributed by atoms with Gasteiger partial charge in [0.25, 0.3) is 6.02 Å². The number of benzene rings is 1. The van der Waals surface area contributed by atoms with Crippen LogP contribution < -0.4 is 15.8 Å². The molecule has 0 aromatic heterocycles. The lowest BCUT2D eigenvalue weighted by Gasteiger charge is -2.46. The van der Waals surface area contributed by atoms with Gasteiger partial charge in [0.05, 0.1) is 0 Å². The van der Waals surface area contributed by atoms with E-state index < -0.39 is 0 Å². The number of nitrogens with two attached hydrogens (primary N) is 1. The molecule has 1 aromatic rings. The largest absolute Gasteiger partial charge is 0.490 e. The zero-order valence-electron chi connectivity index (χ0n) is 10.6. The molecule has 0 amide bonds. The van der Waals surface area contributed by atoms with Crippen LogP contribution in [0.4, 0.5) is 0 Å². The van der Waals surface area contributed by atoms with Gasteiger partial charge in [0.1, 0.15) is 24.0 Å². The summed E-state index contributed by atoms with van der Waals surface area (Å²) in [5, 5.41) is 3.44. The van der Waals surface area contributed by atoms with Crippen molar-refractivity contribution in [1.82, 2.24) is 5.32 Å². The second-order valence-electron chi connectivity index (χ2n) is 5.41. The summed E-state index contributed by atoms with van der Waals surface area (Å²) in [5.41, 5.74) is 6.51. The molecule has 0 bridgehead atoms. The monoisotopic (exact) mass is 259 g/mol. The molecule has 3 unspecified atom stereocenters. The fourth-order valence-electron chi connectivity index (χ4n) is 3.51. The van der Waals surface area contributed by atoms with Crippen molar-refractivity contribution >= 4 is 6.02 Å². The van der Waals surface area contributed by atoms with E-state index in [1.165, 1.54) is 0 Å². The quantitative estimate of drug-likeness (QED) is 0.716. The Kier molecular flexibility index (Phi) is 2.26. The smallest absolute Gasteiger partial charge is 0.283 e. The predicted octanol–water partition coefficient (Wildman–Crippen LogP) is 0.597. The number of ether oxygens (including phenoxy) is 2. The maximum absolute atomic E-state index is 6.15. The van der Waals surface area contributed by atoms with Crippen LogP contribution >= 0.6 is 0 Å². The van der Waals surface area contributed by atoms with Gasteiger partial charge in [-0.05, 0) is 19.0 Å². The van der Waals surface area contributed by atoms with Crippen LogP contribution in [0.1, 0.15) is 12.0 Å². The van der Waals surface area contributed by atoms with Crippen molar-refractivity contribution in [3.8, 4) is 5.75 Å². The summed E-state index contributed by atoms with van der Waals surface area (Å²) >= 11 is 0. The number of piperidine rings is 1. The number of para-hydroxylation sites is 1. The molecule has 3 N–H and O–H groups in total. The van der Waals surface area contributed by atoms with E-state index in [-0.39, 0.29) is 17.6 Å². The van der Waals surface area contributed by atoms with Crippen molar-refractivity contribution in [1.29, 1.82) is 0 Å². The van der Waals surface area contributed by atoms with E-state index in [1.54, 1.807) is 0 Å². The second-order valence-corrected chi connectivity index (χ2v) is 5.41. The molecule has 3 heterocycles. The normalized spacial score (nSPS) is 35.9. The standard InChI is InChI=1S/C14H17N3O2/c15-13-17-14(8-18-13)9-3-1-2-4-11(9)19-12-5-6-16-7-10(12)14/h1-4,10,12,16H,5-8H2,(H2,15,17). The Labute approximate surface area is 111 Å². The molecule has 3 aliphatic rings. The number of nitrogens with one attached hydrogen (secondary N) is 1. The molecule has 0 saturated carbocycles. The fraction of sp³-hybridized carbons (Fsp3) is 0.500. The van der Waals surface area contributed by atoms with Gasteiger partial charge in [-0.25, -0.2) is 4.99 Å². The lowest BCUT2D eigenvalue weighted by molar-refractivity contribution is 0.0161. The summed E-state index contributed by atoms with van der Waals surface area (Å²) in [6, 6.07) is 8.40. The van der Waals surface area contributed by atoms with E-state index in [0.717, 1.165) is 30.8 Å². The lowest BCUT2D eigenvalue weighted by Crippen LogP contribution is -2.55. The van der Waals surface area contributed by atoms with Gasteiger partial charge in [0.15, 0.2) is 0 Å². The van der Waals surface area contributed by atoms with Gasteiger partial charge in [0.2, 0.25) is 0 Å². The third-order valence-corrected chi connectivity index (χ3v) is 4.41. The number of amidine groups is 1. The average molecular weight is 259 g/mol. The van der Waals surface area contributed by atoms with Crippen molar-refractivity contribution in [3.05, 3.63) is 29.8 Å². The minimum atomic E-state index is -0.378. The molecule has 5 nitrogen and oxygen atoms in total. The number of fused-ring (bicyclic) bond motifs is 4. The number of hydrogen-bond acceptors (Lipinski definition) is 5. The molecule has 0 radical (unpaired) electrons. The zero-order chi connectivity index (χ0) is 12.9. The summed E-state index contributed by atoms with van der Waals surface area (Å²) in [7, 11) is 0. The van der Waals surface area contributed by atoms with Crippen molar-refractivity contribution in [2.24, 2.45) is 16.6 Å². The average Bonchev–Trinajstić information content (AvgIpc) is 2.82. The van der Waals surface area contributed by atoms with Gasteiger partial charge in [-0.2, -0.15) is 0 Å². The highest BCUT2D eigenvalue weighted by atomic mass is 16.5. The van der Waals surface area contributed by atoms with Crippen LogP contribution in [0.3, 0.4) is 0 Å². The lowest BCUT2D eigenvalue weighted by atomic mass is 9.72. The molecule has 19 heavy (non-hydrogen) atoms. The summed E-state index contributed by atoms with van der Waals surface area (Å²) in [6.45, 7) is 2.39. The second kappa shape index (κ2) is 3.87. The Bertz CT molecular complexity index is 545. The van der Waals surface area contributed by atoms with Crippen LogP contribution in [0.25, 0.3) is 0 Å². The molecule has 1 aromatic carbocycles. The van der Waals surface area contributed by atoms with Crippen LogP contribution in [0.2, 0.25) is 0 Å². The molecule has 0 aliphatic carbocycles. The van der Waals surface area contributed by atoms with Crippen LogP contribution in [0.5, 0.6) is 5.75 Å². The van der Waals surface area contributed by atoms with Gasteiger partial charge >= 0.3 is 0 Å². The molecule has 1 spiro atoms. The number of hydrogen-bond donors (Lipinski definition) is 2. The van der Waals surface area contributed by atoms with Gasteiger partial charge in [-0.1, -0.05) is 18.2 Å². The molecule has 100 valence electrons. The van der Waals surface area contributed by atoms with Gasteiger partial charge < -0.3 is 20.5 Å². The van der Waals surface area contributed by atoms with Gasteiger partial charge in [-0.15, -0.1) is 0 Å². The minimum Gasteiger partial charge on any atom is -0.490 e. The maximum atomic E-state index is 6.15. The summed E-state index contributed by atoms with van der Waals surface area (Å²) in [5.74, 6) is 1.20. The molecule has 5 heteroatoms. The molecule has 3 aliphatic heterocycles. The Morgan fingerprint density at radius 1 is 1.37 bits per heavy atom. The highest BCUT2D eigenvalue weighted by Crippen LogP contribution is 2.48. The van der Waals surface area contributed by atoms with Crippen LogP contribution in [-0.4, -0.2) is 31.8 Å². The van der Waals surface area contributed by atoms with Crippen molar-refractivity contribution < 1.29 is 9.47 Å². The van der Waals surface area contributed by atoms with Crippen molar-refractivity contribution in [2.45, 2.75) is 18.1 Å². The summed E-state index contributed by atoms with van der Waals surface area (Å²) in [4.78, 5) is 4.66. The van der Waals surface area contributed by atoms with Gasteiger partial charge in [0, 0.05) is 18.0 Å². The molecule has 1 fully saturated rings. The maximum Gasteiger partial charge on any atom is 0.283 e. The first kappa shape index (κ1) is 11.1. The van der Waals surface area contributed by atoms with Crippen LogP contribution in [0.15, 0.2) is 29.3 Å². The van der Waals surface area contributed by atoms with E-state index in [1.807, 2.05) is 18.2 Å². The number of rotatable bonds is 0. The van der Waals surface area contributed by atoms with E-state index in [0.29, 0.717) is 12.6 Å². The minimum absolute atomic E-state index is 0.189. The Hall–Kier alpha value is -1.75. The van der Waals surface area contributed by atoms with Crippen LogP contribution in [0, 0.1) is 5.92 Å². The molecule has 1 saturated heterocycles. The van der Waals surface area contributed by atoms with E-state index in [9.17, 15) is 0 Å². The Morgan fingerprint density at radius 3 is 3.11 bits per heavy atom. The first-order valence-electron chi connectivity index (χ1n) is 6.75. The van der Waals surface area contributed by atoms with Crippen molar-refractivity contribution in [2.75, 3.05) is 19.7 Å². The SMILES string of the molecule is NC1=NC2(CO1)c1ccccc1OC1CCNCC12. The first-order valence-corrected chi connectivity index (χ1v) is 6.75. The Balaban J connectivity index is 1.89. The predicted molar refractivity (Wildman–Crippen MR) is 71.1 cm³/mol. The fourth-order valence-corrected chi connectivity index (χ4v) is 3.51. The molecular weight excluding hydrogens is 242 g/mol. The van der Waals surface area contributed by atoms with E-state index in [4.69, 9.17) is 15.2 Å². The number of aliphatic imine (C=N–C) groups is 1.